The Morgan fingerprint density at radius 2 is 2.16 bits per heavy atom. The molecule has 11 heteroatoms. The molecule has 0 radical (unpaired) electrons. The smallest absolute Gasteiger partial charge is 0.276 e. The molecule has 1 aliphatic carbocycles. The van der Waals surface area contributed by atoms with Crippen LogP contribution in [0.4, 0.5) is 11.5 Å². The van der Waals surface area contributed by atoms with Crippen molar-refractivity contribution >= 4 is 44.9 Å². The zero-order valence-corrected chi connectivity index (χ0v) is 22.5. The number of thiophene rings is 1. The summed E-state index contributed by atoms with van der Waals surface area (Å²) in [5.74, 6) is 0.354. The van der Waals surface area contributed by atoms with E-state index < -0.39 is 5.66 Å². The number of nitrogens with one attached hydrogen (secondary N) is 2. The molecule has 0 spiro atoms. The number of fused-ring (bicyclic) bond motifs is 4. The number of carbonyl (C=O) groups excluding carboxylic acids is 2. The summed E-state index contributed by atoms with van der Waals surface area (Å²) in [6.07, 6.45) is 5.37. The Morgan fingerprint density at radius 3 is 2.87 bits per heavy atom. The molecule has 1 saturated heterocycles. The van der Waals surface area contributed by atoms with Gasteiger partial charge < -0.3 is 20.3 Å². The number of carbonyl (C=O) groups is 2. The van der Waals surface area contributed by atoms with Gasteiger partial charge in [-0.05, 0) is 57.2 Å². The summed E-state index contributed by atoms with van der Waals surface area (Å²) in [5.41, 5.74) is 1.44. The molecule has 0 bridgehead atoms. The van der Waals surface area contributed by atoms with Gasteiger partial charge >= 0.3 is 0 Å². The third kappa shape index (κ3) is 3.83. The van der Waals surface area contributed by atoms with Crippen LogP contribution in [0.15, 0.2) is 29.8 Å². The molecule has 0 saturated carbocycles. The molecule has 10 nitrogen and oxygen atoms in total. The predicted octanol–water partition coefficient (Wildman–Crippen LogP) is 2.86. The Labute approximate surface area is 223 Å². The van der Waals surface area contributed by atoms with Crippen molar-refractivity contribution in [1.29, 1.82) is 0 Å². The summed E-state index contributed by atoms with van der Waals surface area (Å²) in [7, 11) is 0. The molecular formula is C27H30N6O4S. The second-order valence-electron chi connectivity index (χ2n) is 10.7. The summed E-state index contributed by atoms with van der Waals surface area (Å²) in [4.78, 5) is 52.2. The highest BCUT2D eigenvalue weighted by molar-refractivity contribution is 7.19. The number of ether oxygens (including phenoxy) is 1. The quantitative estimate of drug-likeness (QED) is 0.467. The van der Waals surface area contributed by atoms with Crippen LogP contribution in [-0.4, -0.2) is 57.0 Å². The molecule has 1 atom stereocenters. The van der Waals surface area contributed by atoms with Gasteiger partial charge in [-0.3, -0.25) is 19.0 Å². The van der Waals surface area contributed by atoms with Crippen LogP contribution in [0, 0.1) is 12.8 Å². The maximum Gasteiger partial charge on any atom is 0.276 e. The Morgan fingerprint density at radius 1 is 1.37 bits per heavy atom. The van der Waals surface area contributed by atoms with Gasteiger partial charge in [-0.1, -0.05) is 6.08 Å². The van der Waals surface area contributed by atoms with Gasteiger partial charge in [-0.25, -0.2) is 9.97 Å². The highest BCUT2D eigenvalue weighted by Gasteiger charge is 2.38. The molecule has 0 aromatic carbocycles. The predicted molar refractivity (Wildman–Crippen MR) is 145 cm³/mol. The van der Waals surface area contributed by atoms with Crippen molar-refractivity contribution in [2.45, 2.75) is 51.7 Å². The van der Waals surface area contributed by atoms with Crippen LogP contribution in [-0.2, 0) is 28.0 Å². The summed E-state index contributed by atoms with van der Waals surface area (Å²) in [6, 6.07) is 1.82. The average Bonchev–Trinajstić information content (AvgIpc) is 3.33. The van der Waals surface area contributed by atoms with Crippen LogP contribution >= 0.6 is 11.3 Å². The number of hydrogen-bond acceptors (Lipinski definition) is 8. The molecule has 1 fully saturated rings. The normalized spacial score (nSPS) is 19.9. The second-order valence-corrected chi connectivity index (χ2v) is 11.8. The first-order valence-corrected chi connectivity index (χ1v) is 13.6. The SMILES string of the molecule is C=CCN(C(=O)[C@H]1CCc2c(sc3ncnc(Nc4cc(C)c5n(c4=O)C(C)(C)NC5=O)c23)C1)C1COC1. The van der Waals surface area contributed by atoms with Gasteiger partial charge in [0.1, 0.15) is 34.0 Å². The van der Waals surface area contributed by atoms with E-state index in [1.165, 1.54) is 10.9 Å². The zero-order chi connectivity index (χ0) is 26.8. The van der Waals surface area contributed by atoms with Gasteiger partial charge in [0, 0.05) is 17.3 Å². The van der Waals surface area contributed by atoms with Crippen molar-refractivity contribution in [1.82, 2.24) is 24.8 Å². The van der Waals surface area contributed by atoms with Crippen molar-refractivity contribution in [3.8, 4) is 0 Å². The zero-order valence-electron chi connectivity index (χ0n) is 21.7. The first-order chi connectivity index (χ1) is 18.2. The van der Waals surface area contributed by atoms with Crippen LogP contribution < -0.4 is 16.2 Å². The van der Waals surface area contributed by atoms with Crippen molar-refractivity contribution in [3.05, 3.63) is 57.1 Å². The third-order valence-corrected chi connectivity index (χ3v) is 8.87. The Kier molecular flexibility index (Phi) is 5.88. The maximum atomic E-state index is 13.5. The molecule has 6 rings (SSSR count). The molecule has 3 aromatic heterocycles. The molecule has 2 amide bonds. The fourth-order valence-electron chi connectivity index (χ4n) is 5.78. The standard InChI is InChI=1S/C27H30N6O4S/c1-5-8-32(16-11-37-12-16)25(35)15-6-7-17-19(10-15)38-24-20(17)22(28-13-29-24)30-18-9-14(2)21-23(34)31-27(3,4)33(21)26(18)36/h5,9,13,15-16H,1,6-8,10-12H2,2-4H3,(H,31,34)(H,28,29,30)/t15-/m0/s1. The Hall–Kier alpha value is -3.57. The summed E-state index contributed by atoms with van der Waals surface area (Å²) in [6.45, 7) is 10.9. The lowest BCUT2D eigenvalue weighted by Gasteiger charge is -2.39. The number of amides is 2. The Bertz CT molecular complexity index is 1550. The van der Waals surface area contributed by atoms with Crippen LogP contribution in [0.1, 0.15) is 46.8 Å². The van der Waals surface area contributed by atoms with Gasteiger partial charge in [0.15, 0.2) is 0 Å². The van der Waals surface area contributed by atoms with Gasteiger partial charge in [0.25, 0.3) is 11.5 Å². The average molecular weight is 535 g/mol. The van der Waals surface area contributed by atoms with Crippen molar-refractivity contribution in [2.75, 3.05) is 25.1 Å². The van der Waals surface area contributed by atoms with Crippen LogP contribution in [0.3, 0.4) is 0 Å². The minimum Gasteiger partial charge on any atom is -0.377 e. The van der Waals surface area contributed by atoms with Crippen LogP contribution in [0.2, 0.25) is 0 Å². The topological polar surface area (TPSA) is 118 Å². The molecule has 0 unspecified atom stereocenters. The van der Waals surface area contributed by atoms with E-state index in [0.29, 0.717) is 48.9 Å². The minimum absolute atomic E-state index is 0.100. The van der Waals surface area contributed by atoms with E-state index in [0.717, 1.165) is 33.5 Å². The number of aryl methyl sites for hydroxylation is 2. The van der Waals surface area contributed by atoms with E-state index >= 15 is 0 Å². The van der Waals surface area contributed by atoms with Gasteiger partial charge in [0.05, 0.1) is 24.6 Å². The van der Waals surface area contributed by atoms with Crippen molar-refractivity contribution in [2.24, 2.45) is 5.92 Å². The molecule has 2 aliphatic heterocycles. The molecule has 5 heterocycles. The number of rotatable bonds is 6. The molecule has 2 N–H and O–H groups in total. The first-order valence-electron chi connectivity index (χ1n) is 12.8. The monoisotopic (exact) mass is 534 g/mol. The lowest BCUT2D eigenvalue weighted by atomic mass is 9.86. The third-order valence-electron chi connectivity index (χ3n) is 7.70. The second kappa shape index (κ2) is 9.02. The summed E-state index contributed by atoms with van der Waals surface area (Å²) < 4.78 is 6.83. The highest BCUT2D eigenvalue weighted by atomic mass is 32.1. The number of nitrogens with zero attached hydrogens (tertiary/aromatic N) is 4. The van der Waals surface area contributed by atoms with Gasteiger partial charge in [0.2, 0.25) is 5.91 Å². The van der Waals surface area contributed by atoms with Gasteiger partial charge in [-0.2, -0.15) is 0 Å². The van der Waals surface area contributed by atoms with Crippen LogP contribution in [0.25, 0.3) is 10.2 Å². The van der Waals surface area contributed by atoms with E-state index in [4.69, 9.17) is 4.74 Å². The molecule has 198 valence electrons. The lowest BCUT2D eigenvalue weighted by molar-refractivity contribution is -0.148. The number of aromatic nitrogens is 3. The van der Waals surface area contributed by atoms with E-state index in [2.05, 4.69) is 27.2 Å². The molecular weight excluding hydrogens is 504 g/mol. The van der Waals surface area contributed by atoms with E-state index in [-0.39, 0.29) is 29.3 Å². The summed E-state index contributed by atoms with van der Waals surface area (Å²) >= 11 is 1.58. The largest absolute Gasteiger partial charge is 0.377 e. The maximum absolute atomic E-state index is 13.5. The van der Waals surface area contributed by atoms with E-state index in [1.807, 2.05) is 11.8 Å². The number of anilines is 2. The van der Waals surface area contributed by atoms with Crippen molar-refractivity contribution < 1.29 is 14.3 Å². The number of pyridine rings is 1. The minimum atomic E-state index is -0.832. The lowest BCUT2D eigenvalue weighted by Crippen LogP contribution is -2.53. The Balaban J connectivity index is 1.33. The highest BCUT2D eigenvalue weighted by Crippen LogP contribution is 2.41. The fourth-order valence-corrected chi connectivity index (χ4v) is 7.05. The van der Waals surface area contributed by atoms with E-state index in [1.54, 1.807) is 37.3 Å². The summed E-state index contributed by atoms with van der Waals surface area (Å²) in [5, 5.41) is 7.02. The first kappa shape index (κ1) is 24.7. The molecule has 3 aliphatic rings. The molecule has 38 heavy (non-hydrogen) atoms. The van der Waals surface area contributed by atoms with Crippen molar-refractivity contribution in [3.63, 3.8) is 0 Å². The van der Waals surface area contributed by atoms with E-state index in [9.17, 15) is 14.4 Å². The van der Waals surface area contributed by atoms with Gasteiger partial charge in [-0.15, -0.1) is 17.9 Å². The molecule has 3 aromatic rings. The number of hydrogen-bond donors (Lipinski definition) is 2. The van der Waals surface area contributed by atoms with Crippen LogP contribution in [0.5, 0.6) is 0 Å². The fraction of sp³-hybridized carbons (Fsp3) is 0.444.